The molecule has 0 spiro atoms. The molecular weight excluding hydrogens is 268 g/mol. The number of amides is 2. The highest BCUT2D eigenvalue weighted by Gasteiger charge is 2.30. The van der Waals surface area contributed by atoms with Crippen LogP contribution >= 0.6 is 0 Å². The molecule has 0 bridgehead atoms. The highest BCUT2D eigenvalue weighted by Crippen LogP contribution is 2.32. The summed E-state index contributed by atoms with van der Waals surface area (Å²) < 4.78 is 0. The van der Waals surface area contributed by atoms with Gasteiger partial charge in [0.05, 0.1) is 5.56 Å². The van der Waals surface area contributed by atoms with Crippen molar-refractivity contribution < 1.29 is 14.7 Å². The Morgan fingerprint density at radius 2 is 2.10 bits per heavy atom. The third-order valence-corrected chi connectivity index (χ3v) is 4.43. The number of nitrogens with zero attached hydrogens (tertiary/aromatic N) is 1. The van der Waals surface area contributed by atoms with Crippen molar-refractivity contribution in [1.29, 1.82) is 0 Å². The van der Waals surface area contributed by atoms with Crippen molar-refractivity contribution in [1.82, 2.24) is 10.2 Å². The minimum Gasteiger partial charge on any atom is -0.478 e. The lowest BCUT2D eigenvalue weighted by atomic mass is 9.97. The predicted molar refractivity (Wildman–Crippen MR) is 78.2 cm³/mol. The molecule has 2 N–H and O–H groups in total. The van der Waals surface area contributed by atoms with E-state index in [0.29, 0.717) is 19.0 Å². The smallest absolute Gasteiger partial charge is 0.335 e. The Morgan fingerprint density at radius 3 is 2.76 bits per heavy atom. The lowest BCUT2D eigenvalue weighted by Gasteiger charge is -2.30. The monoisotopic (exact) mass is 288 g/mol. The second kappa shape index (κ2) is 5.39. The van der Waals surface area contributed by atoms with E-state index in [2.05, 4.69) is 12.2 Å². The van der Waals surface area contributed by atoms with Crippen LogP contribution in [0.15, 0.2) is 18.2 Å². The Morgan fingerprint density at radius 1 is 1.33 bits per heavy atom. The SMILES string of the molecule is CC(NC(=O)N1CCc2ccc(C(=O)O)cc2C1)C1CC1. The molecule has 1 atom stereocenters. The van der Waals surface area contributed by atoms with E-state index in [9.17, 15) is 9.59 Å². The van der Waals surface area contributed by atoms with Gasteiger partial charge in [-0.2, -0.15) is 0 Å². The fraction of sp³-hybridized carbons (Fsp3) is 0.500. The summed E-state index contributed by atoms with van der Waals surface area (Å²) >= 11 is 0. The van der Waals surface area contributed by atoms with E-state index in [1.807, 2.05) is 6.07 Å². The largest absolute Gasteiger partial charge is 0.478 e. The van der Waals surface area contributed by atoms with Crippen LogP contribution in [0.5, 0.6) is 0 Å². The molecule has 5 nitrogen and oxygen atoms in total. The first-order valence-electron chi connectivity index (χ1n) is 7.45. The van der Waals surface area contributed by atoms with E-state index < -0.39 is 5.97 Å². The summed E-state index contributed by atoms with van der Waals surface area (Å²) in [7, 11) is 0. The first-order chi connectivity index (χ1) is 10.0. The third kappa shape index (κ3) is 3.01. The van der Waals surface area contributed by atoms with Crippen LogP contribution in [0.25, 0.3) is 0 Å². The zero-order valence-corrected chi connectivity index (χ0v) is 12.1. The van der Waals surface area contributed by atoms with Crippen LogP contribution in [0.1, 0.15) is 41.3 Å². The van der Waals surface area contributed by atoms with Gasteiger partial charge in [0, 0.05) is 19.1 Å². The molecule has 2 amide bonds. The van der Waals surface area contributed by atoms with Crippen LogP contribution in [-0.4, -0.2) is 34.6 Å². The summed E-state index contributed by atoms with van der Waals surface area (Å²) in [5.74, 6) is -0.300. The molecule has 1 fully saturated rings. The van der Waals surface area contributed by atoms with Crippen molar-refractivity contribution in [3.8, 4) is 0 Å². The minimum atomic E-state index is -0.929. The molecule has 1 saturated carbocycles. The number of carboxylic acids is 1. The molecule has 0 aromatic heterocycles. The van der Waals surface area contributed by atoms with Gasteiger partial charge < -0.3 is 15.3 Å². The van der Waals surface area contributed by atoms with Gasteiger partial charge in [-0.3, -0.25) is 0 Å². The van der Waals surface area contributed by atoms with Gasteiger partial charge in [-0.15, -0.1) is 0 Å². The number of fused-ring (bicyclic) bond motifs is 1. The second-order valence-electron chi connectivity index (χ2n) is 6.04. The number of carboxylic acid groups (broad SMARTS) is 1. The summed E-state index contributed by atoms with van der Waals surface area (Å²) in [5, 5.41) is 12.1. The van der Waals surface area contributed by atoms with Gasteiger partial charge in [0.1, 0.15) is 0 Å². The minimum absolute atomic E-state index is 0.0409. The number of benzene rings is 1. The number of carbonyl (C=O) groups is 2. The number of nitrogens with one attached hydrogen (secondary N) is 1. The molecule has 1 unspecified atom stereocenters. The van der Waals surface area contributed by atoms with E-state index in [1.54, 1.807) is 17.0 Å². The van der Waals surface area contributed by atoms with Crippen molar-refractivity contribution >= 4 is 12.0 Å². The maximum Gasteiger partial charge on any atom is 0.335 e. The second-order valence-corrected chi connectivity index (χ2v) is 6.04. The van der Waals surface area contributed by atoms with Gasteiger partial charge in [0.2, 0.25) is 0 Å². The third-order valence-electron chi connectivity index (χ3n) is 4.43. The van der Waals surface area contributed by atoms with Gasteiger partial charge >= 0.3 is 12.0 Å². The van der Waals surface area contributed by atoms with Gasteiger partial charge in [0.25, 0.3) is 0 Å². The zero-order chi connectivity index (χ0) is 15.0. The molecule has 0 saturated heterocycles. The quantitative estimate of drug-likeness (QED) is 0.896. The maximum absolute atomic E-state index is 12.3. The number of carbonyl (C=O) groups excluding carboxylic acids is 1. The fourth-order valence-electron chi connectivity index (χ4n) is 2.86. The normalized spacial score (nSPS) is 18.8. The molecule has 112 valence electrons. The van der Waals surface area contributed by atoms with Crippen LogP contribution in [0.2, 0.25) is 0 Å². The standard InChI is InChI=1S/C16H20N2O3/c1-10(11-2-3-11)17-16(21)18-7-6-12-4-5-13(15(19)20)8-14(12)9-18/h4-5,8,10-11H,2-3,6-7,9H2,1H3,(H,17,21)(H,19,20). The molecule has 2 aliphatic rings. The lowest BCUT2D eigenvalue weighted by Crippen LogP contribution is -2.46. The number of hydrogen-bond donors (Lipinski definition) is 2. The van der Waals surface area contributed by atoms with Gasteiger partial charge in [-0.25, -0.2) is 9.59 Å². The van der Waals surface area contributed by atoms with Crippen molar-refractivity contribution in [3.63, 3.8) is 0 Å². The maximum atomic E-state index is 12.3. The Labute approximate surface area is 123 Å². The number of urea groups is 1. The highest BCUT2D eigenvalue weighted by molar-refractivity contribution is 5.88. The Balaban J connectivity index is 1.69. The first kappa shape index (κ1) is 13.9. The molecular formula is C16H20N2O3. The van der Waals surface area contributed by atoms with Crippen molar-refractivity contribution in [2.24, 2.45) is 5.92 Å². The van der Waals surface area contributed by atoms with E-state index in [4.69, 9.17) is 5.11 Å². The average Bonchev–Trinajstić information content (AvgIpc) is 3.30. The van der Waals surface area contributed by atoms with Crippen LogP contribution in [0.3, 0.4) is 0 Å². The summed E-state index contributed by atoms with van der Waals surface area (Å²) in [6, 6.07) is 5.36. The summed E-state index contributed by atoms with van der Waals surface area (Å²) in [6.07, 6.45) is 3.18. The van der Waals surface area contributed by atoms with Crippen molar-refractivity contribution in [2.45, 2.75) is 38.8 Å². The molecule has 21 heavy (non-hydrogen) atoms. The van der Waals surface area contributed by atoms with Crippen molar-refractivity contribution in [2.75, 3.05) is 6.54 Å². The average molecular weight is 288 g/mol. The molecule has 1 aliphatic heterocycles. The molecule has 5 heteroatoms. The molecule has 1 aromatic carbocycles. The van der Waals surface area contributed by atoms with E-state index >= 15 is 0 Å². The summed E-state index contributed by atoms with van der Waals surface area (Å²) in [5.41, 5.74) is 2.36. The van der Waals surface area contributed by atoms with Crippen LogP contribution in [0.4, 0.5) is 4.79 Å². The predicted octanol–water partition coefficient (Wildman–Crippen LogP) is 2.25. The van der Waals surface area contributed by atoms with Crippen LogP contribution in [0, 0.1) is 5.92 Å². The summed E-state index contributed by atoms with van der Waals surface area (Å²) in [4.78, 5) is 25.1. The Kier molecular flexibility index (Phi) is 3.57. The number of rotatable bonds is 3. The lowest BCUT2D eigenvalue weighted by molar-refractivity contribution is 0.0696. The Bertz CT molecular complexity index is 581. The zero-order valence-electron chi connectivity index (χ0n) is 12.1. The van der Waals surface area contributed by atoms with E-state index in [-0.39, 0.29) is 17.6 Å². The first-order valence-corrected chi connectivity index (χ1v) is 7.45. The number of hydrogen-bond acceptors (Lipinski definition) is 2. The molecule has 1 heterocycles. The summed E-state index contributed by atoms with van der Waals surface area (Å²) in [6.45, 7) is 3.22. The van der Waals surface area contributed by atoms with Crippen LogP contribution in [-0.2, 0) is 13.0 Å². The molecule has 1 aliphatic carbocycles. The Hall–Kier alpha value is -2.04. The van der Waals surface area contributed by atoms with E-state index in [0.717, 1.165) is 17.5 Å². The molecule has 1 aromatic rings. The molecule has 3 rings (SSSR count). The fourth-order valence-corrected chi connectivity index (χ4v) is 2.86. The highest BCUT2D eigenvalue weighted by atomic mass is 16.4. The van der Waals surface area contributed by atoms with Gasteiger partial charge in [-0.1, -0.05) is 6.07 Å². The molecule has 0 radical (unpaired) electrons. The topological polar surface area (TPSA) is 69.6 Å². The van der Waals surface area contributed by atoms with Gasteiger partial charge in [-0.05, 0) is 55.4 Å². The van der Waals surface area contributed by atoms with Gasteiger partial charge in [0.15, 0.2) is 0 Å². The number of aromatic carboxylic acids is 1. The van der Waals surface area contributed by atoms with E-state index in [1.165, 1.54) is 12.8 Å². The van der Waals surface area contributed by atoms with Crippen LogP contribution < -0.4 is 5.32 Å². The van der Waals surface area contributed by atoms with Crippen molar-refractivity contribution in [3.05, 3.63) is 34.9 Å².